The molecule has 8 nitrogen and oxygen atoms in total. The number of rotatable bonds is 7. The van der Waals surface area contributed by atoms with Gasteiger partial charge < -0.3 is 37.6 Å². The fourth-order valence-electron chi connectivity index (χ4n) is 30.4. The molecule has 6 aliphatic heterocycles. The van der Waals surface area contributed by atoms with E-state index in [1.165, 1.54) is 226 Å². The van der Waals surface area contributed by atoms with Gasteiger partial charge in [-0.3, -0.25) is 0 Å². The van der Waals surface area contributed by atoms with Crippen LogP contribution in [0.4, 0.5) is 56.9 Å². The van der Waals surface area contributed by atoms with E-state index in [0.717, 1.165) is 93.8 Å². The van der Waals surface area contributed by atoms with Crippen molar-refractivity contribution in [2.24, 2.45) is 0 Å². The molecule has 28 rings (SSSR count). The number of nitrogens with zero attached hydrogens (tertiary/aromatic N) is 6. The van der Waals surface area contributed by atoms with Crippen LogP contribution in [-0.4, -0.2) is 33.6 Å². The van der Waals surface area contributed by atoms with Crippen molar-refractivity contribution in [3.63, 3.8) is 0 Å². The van der Waals surface area contributed by atoms with Gasteiger partial charge in [-0.05, 0) is 287 Å². The van der Waals surface area contributed by atoms with Crippen molar-refractivity contribution < 1.29 is 8.83 Å². The maximum atomic E-state index is 7.53. The molecule has 2 saturated carbocycles. The Balaban J connectivity index is 0.597. The molecule has 10 aliphatic rings. The molecule has 2 fully saturated rings. The summed E-state index contributed by atoms with van der Waals surface area (Å²) in [5, 5.41) is 7.23. The van der Waals surface area contributed by atoms with Crippen LogP contribution in [-0.2, 0) is 60.6 Å². The third kappa shape index (κ3) is 11.4. The summed E-state index contributed by atoms with van der Waals surface area (Å²) in [6, 6.07) is 100. The minimum Gasteiger partial charge on any atom is -0.456 e. The minimum atomic E-state index is -0.295. The Morgan fingerprint density at radius 3 is 1.26 bits per heavy atom. The predicted octanol–water partition coefficient (Wildman–Crippen LogP) is 31.7. The van der Waals surface area contributed by atoms with Crippen LogP contribution in [0.3, 0.4) is 0 Å². The molecule has 14 aromatic carbocycles. The molecule has 10 heterocycles. The van der Waals surface area contributed by atoms with Crippen LogP contribution in [0.25, 0.3) is 99.3 Å². The lowest BCUT2D eigenvalue weighted by atomic mass is 9.33. The van der Waals surface area contributed by atoms with E-state index in [1.807, 2.05) is 0 Å². The monoisotopic (exact) mass is 1880 g/mol. The highest BCUT2D eigenvalue weighted by Gasteiger charge is 2.62. The molecular weight excluding hydrogens is 1750 g/mol. The summed E-state index contributed by atoms with van der Waals surface area (Å²) >= 11 is 0. The largest absolute Gasteiger partial charge is 0.456 e. The third-order valence-electron chi connectivity index (χ3n) is 38.6. The average molecular weight is 1880 g/mol. The minimum absolute atomic E-state index is 0.00489. The van der Waals surface area contributed by atoms with Gasteiger partial charge in [0.15, 0.2) is 5.58 Å². The number of anilines is 10. The number of benzene rings is 14. The van der Waals surface area contributed by atoms with Gasteiger partial charge in [0.05, 0.1) is 27.8 Å². The Hall–Kier alpha value is -12.9. The Morgan fingerprint density at radius 1 is 0.299 bits per heavy atom. The first-order valence-electron chi connectivity index (χ1n) is 54.0. The molecule has 18 aromatic rings. The molecule has 0 radical (unpaired) electrons. The molecule has 0 saturated heterocycles. The summed E-state index contributed by atoms with van der Waals surface area (Å²) in [5.74, 6) is 0. The van der Waals surface area contributed by atoms with Gasteiger partial charge in [-0.25, -0.2) is 0 Å². The lowest BCUT2D eigenvalue weighted by Gasteiger charge is -2.50. The normalized spacial score (nSPS) is 20.6. The van der Waals surface area contributed by atoms with E-state index < -0.39 is 0 Å². The lowest BCUT2D eigenvalue weighted by Crippen LogP contribution is -2.61. The molecule has 4 aliphatic carbocycles. The van der Waals surface area contributed by atoms with Crippen molar-refractivity contribution in [1.29, 1.82) is 0 Å². The SMILES string of the molecule is CC(C)(C)c1cc2c3c(c1)-n1c4c(c5cc(C(C)(C)C)cc(c51)B3c1ccc(N3c5ccc(C(C)(C)Cc6ccc7c(c6)oc6cccc(N8c9cc(N%10c%11ccc(C(C)(C)C)cc%11C%11(C)CCCCC%10%11C)ccc9B9c%10c8cc(C(C)(C)C)cc%10-n8c%10c(c%11cc(C(C)(C)C)cc9c%118)-c8ccccc8C%10(C)C)c67)cc5C5(C)CCCCC35C)cc1N2c1cccc2c1oc1ccccc12)-c1ccccc1C4(C)C. The maximum Gasteiger partial charge on any atom is 0.252 e. The summed E-state index contributed by atoms with van der Waals surface area (Å²) in [6.07, 6.45) is 10.0. The molecule has 10 heteroatoms. The van der Waals surface area contributed by atoms with Crippen LogP contribution < -0.4 is 52.4 Å². The van der Waals surface area contributed by atoms with Crippen LogP contribution in [0.15, 0.2) is 258 Å². The summed E-state index contributed by atoms with van der Waals surface area (Å²) in [5.41, 5.74) is 50.4. The summed E-state index contributed by atoms with van der Waals surface area (Å²) in [4.78, 5) is 11.1. The van der Waals surface area contributed by atoms with Crippen LogP contribution in [0.2, 0.25) is 0 Å². The van der Waals surface area contributed by atoms with Gasteiger partial charge in [-0.15, -0.1) is 0 Å². The summed E-state index contributed by atoms with van der Waals surface area (Å²) < 4.78 is 20.4. The fraction of sp³-hybridized carbons (Fsp3) is 0.343. The first-order valence-corrected chi connectivity index (χ1v) is 54.0. The van der Waals surface area contributed by atoms with E-state index in [9.17, 15) is 0 Å². The zero-order valence-electron chi connectivity index (χ0n) is 89.2. The predicted molar refractivity (Wildman–Crippen MR) is 611 cm³/mol. The number of hydrogen-bond acceptors (Lipinski definition) is 6. The van der Waals surface area contributed by atoms with Crippen molar-refractivity contribution >= 4 is 169 Å². The number of fused-ring (bicyclic) bond motifs is 30. The molecule has 0 N–H and O–H groups in total. The van der Waals surface area contributed by atoms with E-state index in [-0.39, 0.29) is 78.7 Å². The quantitative estimate of drug-likeness (QED) is 0.148. The van der Waals surface area contributed by atoms with Crippen LogP contribution >= 0.6 is 0 Å². The number of furan rings is 2. The highest BCUT2D eigenvalue weighted by atomic mass is 16.3. The molecule has 0 spiro atoms. The highest BCUT2D eigenvalue weighted by Crippen LogP contribution is 2.67. The lowest BCUT2D eigenvalue weighted by molar-refractivity contribution is 0.194. The molecule has 4 unspecified atom stereocenters. The zero-order chi connectivity index (χ0) is 99.5. The van der Waals surface area contributed by atoms with E-state index >= 15 is 0 Å². The zero-order valence-corrected chi connectivity index (χ0v) is 89.2. The molecule has 0 amide bonds. The Kier molecular flexibility index (Phi) is 17.5. The van der Waals surface area contributed by atoms with Gasteiger partial charge >= 0.3 is 0 Å². The van der Waals surface area contributed by atoms with E-state index in [0.29, 0.717) is 0 Å². The van der Waals surface area contributed by atoms with Crippen molar-refractivity contribution in [1.82, 2.24) is 9.13 Å². The molecule has 0 bridgehead atoms. The van der Waals surface area contributed by atoms with Gasteiger partial charge in [-0.2, -0.15) is 0 Å². The van der Waals surface area contributed by atoms with Crippen molar-refractivity contribution in [2.75, 3.05) is 19.6 Å². The first-order chi connectivity index (χ1) is 68.3. The molecular formula is C134H134B2N6O2. The first kappa shape index (κ1) is 88.8. The second kappa shape index (κ2) is 28.4. The van der Waals surface area contributed by atoms with Gasteiger partial charge in [0.25, 0.3) is 13.4 Å². The van der Waals surface area contributed by atoms with Gasteiger partial charge in [0.2, 0.25) is 0 Å². The number of para-hydroxylation sites is 2. The second-order valence-corrected chi connectivity index (χ2v) is 53.2. The summed E-state index contributed by atoms with van der Waals surface area (Å²) in [7, 11) is 0. The van der Waals surface area contributed by atoms with Crippen molar-refractivity contribution in [2.45, 2.75) is 296 Å². The molecule has 4 aromatic heterocycles. The van der Waals surface area contributed by atoms with Gasteiger partial charge in [0.1, 0.15) is 16.7 Å². The molecule has 144 heavy (non-hydrogen) atoms. The van der Waals surface area contributed by atoms with Crippen LogP contribution in [0, 0.1) is 0 Å². The standard InChI is InChI=1S/C134H134B2N6O2/c1-123(2,3)77-49-56-100-94(65-77)131(22)58-32-34-60-133(131,24)141(100)83-51-54-96-104(73-83)137(106-69-81(126(10,11)12)71-108-116(106)135(96)98-67-79(124(4,5)6)63-90-113-87-39-26-29-42-92(87)129(18,19)121(113)139(108)118(90)98)102-44-37-47-111-115(102)89-53-48-76(62-112(89)143-111)75-128(16,17)78-50-57-101-95(66-78)132(23)59-33-35-61-134(132,25)142(101)84-52-55-97-105(74-84)138(103-45-36-41-86-85-38-28-31-46-110(85)144-120(86)103)107-70-82(127(13,14)15)72-109-117(107)136(97)99-68-80(125(7,8)9)64-91-114-88-40-27-30-43-93(88)130(20,21)122(114)140(109)119(91)99/h26-31,36-57,62-74H,32-35,58-61,75H2,1-25H3. The van der Waals surface area contributed by atoms with Crippen molar-refractivity contribution in [3.8, 4) is 33.6 Å². The number of hydrogen-bond donors (Lipinski definition) is 0. The topological polar surface area (TPSA) is 49.1 Å². The Labute approximate surface area is 851 Å². The Morgan fingerprint density at radius 2 is 0.736 bits per heavy atom. The fourth-order valence-corrected chi connectivity index (χ4v) is 30.4. The van der Waals surface area contributed by atoms with E-state index in [4.69, 9.17) is 8.83 Å². The second-order valence-electron chi connectivity index (χ2n) is 53.2. The number of aromatic nitrogens is 2. The highest BCUT2D eigenvalue weighted by molar-refractivity contribution is 7.01. The van der Waals surface area contributed by atoms with E-state index in [2.05, 4.69) is 451 Å². The molecule has 4 atom stereocenters. The molecule has 718 valence electrons. The average Bonchev–Trinajstić information content (AvgIpc) is 1.58. The third-order valence-corrected chi connectivity index (χ3v) is 38.6. The Bertz CT molecular complexity index is 8820. The van der Waals surface area contributed by atoms with E-state index in [1.54, 1.807) is 0 Å². The maximum absolute atomic E-state index is 7.53. The smallest absolute Gasteiger partial charge is 0.252 e. The van der Waals surface area contributed by atoms with Gasteiger partial charge in [-0.1, -0.05) is 331 Å². The van der Waals surface area contributed by atoms with Crippen LogP contribution in [0.1, 0.15) is 297 Å². The van der Waals surface area contributed by atoms with Gasteiger partial charge in [0, 0.05) is 139 Å². The van der Waals surface area contributed by atoms with Crippen molar-refractivity contribution in [3.05, 3.63) is 321 Å². The van der Waals surface area contributed by atoms with Crippen LogP contribution in [0.5, 0.6) is 0 Å². The summed E-state index contributed by atoms with van der Waals surface area (Å²) in [6.45, 7) is 61.4.